The smallest absolute Gasteiger partial charge is 0.408 e. The van der Waals surface area contributed by atoms with Crippen LogP contribution in [-0.2, 0) is 29.1 Å². The van der Waals surface area contributed by atoms with Gasteiger partial charge < -0.3 is 29.7 Å². The van der Waals surface area contributed by atoms with Crippen LogP contribution in [0.15, 0.2) is 91.2 Å². The predicted molar refractivity (Wildman–Crippen MR) is 228 cm³/mol. The summed E-state index contributed by atoms with van der Waals surface area (Å²) in [6, 6.07) is 15.1. The molecule has 1 aromatic heterocycles. The number of carbonyl (C=O) groups excluding carboxylic acids is 4. The number of ketones is 1. The summed E-state index contributed by atoms with van der Waals surface area (Å²) in [4.78, 5) is 61.1. The maximum Gasteiger partial charge on any atom is 0.408 e. The number of sulfonamides is 1. The molecule has 3 aliphatic rings. The van der Waals surface area contributed by atoms with E-state index in [4.69, 9.17) is 19.2 Å². The summed E-state index contributed by atoms with van der Waals surface area (Å²) < 4.78 is 45.8. The lowest BCUT2D eigenvalue weighted by atomic mass is 10.0. The molecule has 0 radical (unpaired) electrons. The van der Waals surface area contributed by atoms with E-state index in [2.05, 4.69) is 28.5 Å². The largest absolute Gasteiger partial charge is 0.497 e. The van der Waals surface area contributed by atoms with Crippen molar-refractivity contribution in [2.24, 2.45) is 5.92 Å². The van der Waals surface area contributed by atoms with E-state index in [9.17, 15) is 27.6 Å². The van der Waals surface area contributed by atoms with Crippen LogP contribution in [0.3, 0.4) is 0 Å². The lowest BCUT2D eigenvalue weighted by Gasteiger charge is -2.34. The maximum absolute atomic E-state index is 14.6. The van der Waals surface area contributed by atoms with Crippen LogP contribution < -0.4 is 24.8 Å². The van der Waals surface area contributed by atoms with E-state index in [1.165, 1.54) is 12.2 Å². The van der Waals surface area contributed by atoms with Gasteiger partial charge in [0.15, 0.2) is 5.78 Å². The van der Waals surface area contributed by atoms with E-state index in [1.807, 2.05) is 62.4 Å². The minimum Gasteiger partial charge on any atom is -0.497 e. The standard InChI is InChI=1S/C45H55N5O9S/c1-9-30-25-45(30,42(53)49-60(55,56)34-17-18-34)48-41(52)39-23-33(26-50(39)28(4)36(20-15-31(51)21-27(2)3)47-43(54)59-44(5,6)7)58-40-24-37(29-13-11-10-12-14-29)46-38-22-32(57-8)16-19-35(38)40/h9-14,16,19,21-22,24,30,33-34,36,39H,1,4,15,17-18,20,23,25-26H2,2-3,5-8H3,(H,47,54)(H,48,52)(H,49,53)/t30-,33-,36+,39+,45-/m1/s1. The number of methoxy groups -OCH3 is 1. The van der Waals surface area contributed by atoms with Crippen LogP contribution in [0.1, 0.15) is 73.1 Å². The fourth-order valence-corrected chi connectivity index (χ4v) is 8.82. The quantitative estimate of drug-likeness (QED) is 0.105. The van der Waals surface area contributed by atoms with Crippen LogP contribution in [0.5, 0.6) is 11.5 Å². The van der Waals surface area contributed by atoms with Gasteiger partial charge in [0.05, 0.1) is 36.2 Å². The number of aromatic nitrogens is 1. The summed E-state index contributed by atoms with van der Waals surface area (Å²) in [6.07, 6.45) is 3.06. The van der Waals surface area contributed by atoms with Gasteiger partial charge in [0.25, 0.3) is 5.91 Å². The Morgan fingerprint density at radius 2 is 1.78 bits per heavy atom. The molecule has 2 aliphatic carbocycles. The van der Waals surface area contributed by atoms with Crippen LogP contribution in [0, 0.1) is 5.92 Å². The zero-order valence-corrected chi connectivity index (χ0v) is 35.9. The first-order valence-corrected chi connectivity index (χ1v) is 21.7. The number of pyridine rings is 1. The van der Waals surface area contributed by atoms with Gasteiger partial charge in [0.1, 0.15) is 34.8 Å². The number of likely N-dealkylation sites (tertiary alicyclic amines) is 1. The molecular formula is C45H55N5O9S. The molecule has 3 N–H and O–H groups in total. The number of nitrogens with one attached hydrogen (secondary N) is 3. The Labute approximate surface area is 351 Å². The van der Waals surface area contributed by atoms with Crippen molar-refractivity contribution in [2.45, 2.75) is 108 Å². The van der Waals surface area contributed by atoms with Gasteiger partial charge in [-0.25, -0.2) is 18.2 Å². The van der Waals surface area contributed by atoms with Gasteiger partial charge in [-0.05, 0) is 78.5 Å². The second-order valence-corrected chi connectivity index (χ2v) is 19.0. The molecule has 0 unspecified atom stereocenters. The maximum atomic E-state index is 14.6. The second kappa shape index (κ2) is 17.5. The normalized spacial score (nSPS) is 21.6. The molecule has 3 amide bonds. The number of benzene rings is 2. The van der Waals surface area contributed by atoms with E-state index < -0.39 is 68.4 Å². The Kier molecular flexibility index (Phi) is 12.8. The number of fused-ring (bicyclic) bond motifs is 1. The van der Waals surface area contributed by atoms with Crippen LogP contribution in [-0.4, -0.2) is 90.2 Å². The fourth-order valence-electron chi connectivity index (χ4n) is 7.46. The van der Waals surface area contributed by atoms with Gasteiger partial charge in [-0.15, -0.1) is 6.58 Å². The van der Waals surface area contributed by atoms with Gasteiger partial charge in [-0.1, -0.05) is 48.6 Å². The molecule has 15 heteroatoms. The third kappa shape index (κ3) is 10.4. The van der Waals surface area contributed by atoms with Crippen LogP contribution in [0.25, 0.3) is 22.2 Å². The minimum atomic E-state index is -3.91. The molecule has 60 heavy (non-hydrogen) atoms. The molecule has 0 spiro atoms. The molecule has 1 aliphatic heterocycles. The molecule has 3 fully saturated rings. The Balaban J connectivity index is 1.35. The number of alkyl carbamates (subject to hydrolysis) is 1. The Bertz CT molecular complexity index is 2320. The summed E-state index contributed by atoms with van der Waals surface area (Å²) in [5, 5.41) is 5.82. The second-order valence-electron chi connectivity index (χ2n) is 17.0. The first-order valence-electron chi connectivity index (χ1n) is 20.2. The van der Waals surface area contributed by atoms with Crippen molar-refractivity contribution in [3.8, 4) is 22.8 Å². The van der Waals surface area contributed by atoms with E-state index in [1.54, 1.807) is 38.8 Å². The molecule has 1 saturated heterocycles. The number of rotatable bonds is 17. The molecule has 3 aromatic rings. The van der Waals surface area contributed by atoms with E-state index in [-0.39, 0.29) is 38.0 Å². The summed E-state index contributed by atoms with van der Waals surface area (Å²) >= 11 is 0. The van der Waals surface area contributed by atoms with E-state index >= 15 is 0 Å². The van der Waals surface area contributed by atoms with Crippen molar-refractivity contribution in [3.63, 3.8) is 0 Å². The third-order valence-corrected chi connectivity index (χ3v) is 12.6. The number of hydrogen-bond donors (Lipinski definition) is 3. The van der Waals surface area contributed by atoms with E-state index in [0.29, 0.717) is 46.6 Å². The SMILES string of the molecule is C=C[C@@H]1C[C@]1(NC(=O)[C@@H]1C[C@@H](Oc2cc(-c3ccccc3)nc3cc(OC)ccc23)CN1C(=C)[C@H](CCC(=O)C=C(C)C)NC(=O)OC(C)(C)C)C(=O)NS(=O)(=O)C1CC1. The molecule has 2 heterocycles. The van der Waals surface area contributed by atoms with Crippen molar-refractivity contribution >= 4 is 44.6 Å². The molecule has 5 atom stereocenters. The number of nitrogens with zero attached hydrogens (tertiary/aromatic N) is 2. The average Bonchev–Trinajstić information content (AvgIpc) is 4.12. The summed E-state index contributed by atoms with van der Waals surface area (Å²) in [7, 11) is -2.34. The average molecular weight is 842 g/mol. The zero-order chi connectivity index (χ0) is 43.6. The number of ether oxygens (including phenoxy) is 3. The summed E-state index contributed by atoms with van der Waals surface area (Å²) in [5.41, 5.74) is 0.913. The predicted octanol–water partition coefficient (Wildman–Crippen LogP) is 6.12. The van der Waals surface area contributed by atoms with E-state index in [0.717, 1.165) is 11.1 Å². The van der Waals surface area contributed by atoms with Crippen molar-refractivity contribution in [3.05, 3.63) is 91.2 Å². The minimum absolute atomic E-state index is 0.0593. The van der Waals surface area contributed by atoms with Gasteiger partial charge >= 0.3 is 6.09 Å². The highest BCUT2D eigenvalue weighted by molar-refractivity contribution is 7.91. The molecule has 14 nitrogen and oxygen atoms in total. The zero-order valence-electron chi connectivity index (χ0n) is 35.1. The Morgan fingerprint density at radius 3 is 2.40 bits per heavy atom. The van der Waals surface area contributed by atoms with Crippen molar-refractivity contribution in [1.82, 2.24) is 25.2 Å². The molecule has 2 aromatic carbocycles. The monoisotopic (exact) mass is 841 g/mol. The van der Waals surface area contributed by atoms with Crippen molar-refractivity contribution in [1.29, 1.82) is 0 Å². The summed E-state index contributed by atoms with van der Waals surface area (Å²) in [5.74, 6) is -0.943. The number of allylic oxidation sites excluding steroid dienone is 2. The molecule has 320 valence electrons. The van der Waals surface area contributed by atoms with Gasteiger partial charge in [-0.2, -0.15) is 0 Å². The summed E-state index contributed by atoms with van der Waals surface area (Å²) in [6.45, 7) is 17.1. The Hall–Kier alpha value is -5.70. The number of hydrogen-bond acceptors (Lipinski definition) is 11. The van der Waals surface area contributed by atoms with Crippen LogP contribution >= 0.6 is 0 Å². The molecule has 0 bridgehead atoms. The molecule has 6 rings (SSSR count). The van der Waals surface area contributed by atoms with Gasteiger partial charge in [-0.3, -0.25) is 19.1 Å². The first kappa shape index (κ1) is 43.9. The lowest BCUT2D eigenvalue weighted by Crippen LogP contribution is -2.56. The van der Waals surface area contributed by atoms with Crippen LogP contribution in [0.4, 0.5) is 4.79 Å². The highest BCUT2D eigenvalue weighted by atomic mass is 32.2. The number of carbonyl (C=O) groups is 4. The van der Waals surface area contributed by atoms with Crippen molar-refractivity contribution in [2.75, 3.05) is 13.7 Å². The van der Waals surface area contributed by atoms with Gasteiger partial charge in [0, 0.05) is 47.5 Å². The fraction of sp³-hybridized carbons (Fsp3) is 0.444. The molecule has 2 saturated carbocycles. The third-order valence-electron chi connectivity index (χ3n) is 10.7. The lowest BCUT2D eigenvalue weighted by molar-refractivity contribution is -0.131. The highest BCUT2D eigenvalue weighted by Crippen LogP contribution is 2.46. The van der Waals surface area contributed by atoms with Crippen LogP contribution in [0.2, 0.25) is 0 Å². The highest BCUT2D eigenvalue weighted by Gasteiger charge is 2.62. The number of amides is 3. The van der Waals surface area contributed by atoms with Gasteiger partial charge in [0.2, 0.25) is 15.9 Å². The van der Waals surface area contributed by atoms with Crippen molar-refractivity contribution < 1.29 is 41.8 Å². The first-order chi connectivity index (χ1) is 28.3. The molecular weight excluding hydrogens is 787 g/mol. The Morgan fingerprint density at radius 1 is 1.07 bits per heavy atom. The topological polar surface area (TPSA) is 182 Å².